The van der Waals surface area contributed by atoms with Crippen LogP contribution in [0.3, 0.4) is 0 Å². The Bertz CT molecular complexity index is 436. The van der Waals surface area contributed by atoms with E-state index in [-0.39, 0.29) is 11.8 Å². The minimum absolute atomic E-state index is 0.0315. The standard InChI is InChI=1S/C13H18FNO3/c1-4-11(13(17)18)15(3)8(2)10-7-9(14)5-6-12(10)16/h5-8,11,16H,4H2,1-3H3,(H,17,18). The molecule has 0 radical (unpaired) electrons. The van der Waals surface area contributed by atoms with E-state index < -0.39 is 17.8 Å². The van der Waals surface area contributed by atoms with Gasteiger partial charge in [-0.25, -0.2) is 4.39 Å². The summed E-state index contributed by atoms with van der Waals surface area (Å²) in [5.41, 5.74) is 0.386. The lowest BCUT2D eigenvalue weighted by Gasteiger charge is -2.30. The number of nitrogens with zero attached hydrogens (tertiary/aromatic N) is 1. The second-order valence-electron chi connectivity index (χ2n) is 4.31. The van der Waals surface area contributed by atoms with Gasteiger partial charge in [0.05, 0.1) is 0 Å². The van der Waals surface area contributed by atoms with E-state index in [1.165, 1.54) is 18.2 Å². The highest BCUT2D eigenvalue weighted by molar-refractivity contribution is 5.73. The number of halogens is 1. The van der Waals surface area contributed by atoms with Gasteiger partial charge in [-0.15, -0.1) is 0 Å². The topological polar surface area (TPSA) is 60.8 Å². The summed E-state index contributed by atoms with van der Waals surface area (Å²) in [6.07, 6.45) is 0.437. The summed E-state index contributed by atoms with van der Waals surface area (Å²) in [5.74, 6) is -1.41. The number of phenolic OH excluding ortho intramolecular Hbond substituents is 1. The molecule has 100 valence electrons. The van der Waals surface area contributed by atoms with Gasteiger partial charge in [0, 0.05) is 11.6 Å². The van der Waals surface area contributed by atoms with E-state index in [4.69, 9.17) is 5.11 Å². The van der Waals surface area contributed by atoms with Crippen molar-refractivity contribution in [2.75, 3.05) is 7.05 Å². The number of likely N-dealkylation sites (N-methyl/N-ethyl adjacent to an activating group) is 1. The van der Waals surface area contributed by atoms with Gasteiger partial charge in [-0.05, 0) is 38.6 Å². The van der Waals surface area contributed by atoms with Crippen molar-refractivity contribution in [3.8, 4) is 5.75 Å². The molecule has 0 aliphatic carbocycles. The summed E-state index contributed by atoms with van der Waals surface area (Å²) in [5, 5.41) is 18.8. The van der Waals surface area contributed by atoms with Gasteiger partial charge in [0.15, 0.2) is 0 Å². The average molecular weight is 255 g/mol. The lowest BCUT2D eigenvalue weighted by Crippen LogP contribution is -2.39. The van der Waals surface area contributed by atoms with E-state index >= 15 is 0 Å². The molecule has 0 fully saturated rings. The first-order valence-corrected chi connectivity index (χ1v) is 5.81. The second-order valence-corrected chi connectivity index (χ2v) is 4.31. The Morgan fingerprint density at radius 1 is 1.50 bits per heavy atom. The average Bonchev–Trinajstić information content (AvgIpc) is 2.31. The summed E-state index contributed by atoms with van der Waals surface area (Å²) < 4.78 is 13.2. The van der Waals surface area contributed by atoms with Gasteiger partial charge >= 0.3 is 5.97 Å². The van der Waals surface area contributed by atoms with Crippen molar-refractivity contribution in [2.45, 2.75) is 32.4 Å². The zero-order chi connectivity index (χ0) is 13.9. The van der Waals surface area contributed by atoms with Gasteiger partial charge in [0.2, 0.25) is 0 Å². The van der Waals surface area contributed by atoms with Crippen LogP contribution in [0.4, 0.5) is 4.39 Å². The van der Waals surface area contributed by atoms with Crippen LogP contribution in [0.2, 0.25) is 0 Å². The molecule has 2 unspecified atom stereocenters. The first-order chi connectivity index (χ1) is 8.38. The quantitative estimate of drug-likeness (QED) is 0.848. The molecule has 5 heteroatoms. The van der Waals surface area contributed by atoms with Gasteiger partial charge in [-0.2, -0.15) is 0 Å². The summed E-state index contributed by atoms with van der Waals surface area (Å²) in [6, 6.07) is 2.62. The number of phenols is 1. The van der Waals surface area contributed by atoms with Crippen molar-refractivity contribution in [3.63, 3.8) is 0 Å². The predicted molar refractivity (Wildman–Crippen MR) is 66.0 cm³/mol. The summed E-state index contributed by atoms with van der Waals surface area (Å²) in [7, 11) is 1.65. The first kappa shape index (κ1) is 14.4. The number of carboxylic acids is 1. The van der Waals surface area contributed by atoms with Gasteiger partial charge in [0.1, 0.15) is 17.6 Å². The van der Waals surface area contributed by atoms with Crippen molar-refractivity contribution in [3.05, 3.63) is 29.6 Å². The number of benzene rings is 1. The van der Waals surface area contributed by atoms with Crippen molar-refractivity contribution < 1.29 is 19.4 Å². The highest BCUT2D eigenvalue weighted by Crippen LogP contribution is 2.29. The number of aromatic hydroxyl groups is 1. The van der Waals surface area contributed by atoms with Crippen LogP contribution in [-0.2, 0) is 4.79 Å². The molecule has 1 aromatic rings. The molecule has 18 heavy (non-hydrogen) atoms. The molecular formula is C13H18FNO3. The normalized spacial score (nSPS) is 14.5. The third-order valence-electron chi connectivity index (χ3n) is 3.21. The smallest absolute Gasteiger partial charge is 0.320 e. The Morgan fingerprint density at radius 2 is 2.11 bits per heavy atom. The molecule has 1 rings (SSSR count). The maximum atomic E-state index is 13.2. The Morgan fingerprint density at radius 3 is 2.61 bits per heavy atom. The Kier molecular flexibility index (Phi) is 4.67. The van der Waals surface area contributed by atoms with Crippen molar-refractivity contribution >= 4 is 5.97 Å². The fourth-order valence-corrected chi connectivity index (χ4v) is 1.99. The summed E-state index contributed by atoms with van der Waals surface area (Å²) in [6.45, 7) is 3.51. The van der Waals surface area contributed by atoms with Crippen LogP contribution in [-0.4, -0.2) is 34.2 Å². The van der Waals surface area contributed by atoms with Crippen LogP contribution in [0.1, 0.15) is 31.9 Å². The number of carboxylic acid groups (broad SMARTS) is 1. The first-order valence-electron chi connectivity index (χ1n) is 5.81. The van der Waals surface area contributed by atoms with E-state index in [0.29, 0.717) is 12.0 Å². The largest absolute Gasteiger partial charge is 0.508 e. The number of hydrogen-bond donors (Lipinski definition) is 2. The highest BCUT2D eigenvalue weighted by Gasteiger charge is 2.26. The van der Waals surface area contributed by atoms with Crippen molar-refractivity contribution in [1.82, 2.24) is 4.90 Å². The van der Waals surface area contributed by atoms with Gasteiger partial charge in [-0.3, -0.25) is 9.69 Å². The predicted octanol–water partition coefficient (Wildman–Crippen LogP) is 2.39. The molecule has 1 aromatic carbocycles. The molecular weight excluding hydrogens is 237 g/mol. The van der Waals surface area contributed by atoms with E-state index in [1.807, 2.05) is 0 Å². The van der Waals surface area contributed by atoms with Crippen LogP contribution in [0.5, 0.6) is 5.75 Å². The van der Waals surface area contributed by atoms with Crippen molar-refractivity contribution in [1.29, 1.82) is 0 Å². The Labute approximate surface area is 106 Å². The van der Waals surface area contributed by atoms with Crippen LogP contribution >= 0.6 is 0 Å². The third kappa shape index (κ3) is 2.98. The number of aliphatic carboxylic acids is 1. The Balaban J connectivity index is 3.02. The monoisotopic (exact) mass is 255 g/mol. The minimum Gasteiger partial charge on any atom is -0.508 e. The molecule has 0 aromatic heterocycles. The third-order valence-corrected chi connectivity index (χ3v) is 3.21. The van der Waals surface area contributed by atoms with E-state index in [0.717, 1.165) is 0 Å². The van der Waals surface area contributed by atoms with Crippen LogP contribution < -0.4 is 0 Å². The molecule has 0 saturated heterocycles. The SMILES string of the molecule is CCC(C(=O)O)N(C)C(C)c1cc(F)ccc1O. The minimum atomic E-state index is -0.928. The fourth-order valence-electron chi connectivity index (χ4n) is 1.99. The molecule has 0 aliphatic rings. The lowest BCUT2D eigenvalue weighted by molar-refractivity contribution is -0.143. The molecule has 0 heterocycles. The van der Waals surface area contributed by atoms with E-state index in [2.05, 4.69) is 0 Å². The van der Waals surface area contributed by atoms with Gasteiger partial charge in [0.25, 0.3) is 0 Å². The Hall–Kier alpha value is -1.62. The molecule has 0 aliphatic heterocycles. The van der Waals surface area contributed by atoms with E-state index in [1.54, 1.807) is 25.8 Å². The number of rotatable bonds is 5. The molecule has 4 nitrogen and oxygen atoms in total. The van der Waals surface area contributed by atoms with Gasteiger partial charge < -0.3 is 10.2 Å². The number of carbonyl (C=O) groups is 1. The molecule has 0 bridgehead atoms. The van der Waals surface area contributed by atoms with E-state index in [9.17, 15) is 14.3 Å². The molecule has 2 atom stereocenters. The summed E-state index contributed by atoms with van der Waals surface area (Å²) in [4.78, 5) is 12.7. The second kappa shape index (κ2) is 5.82. The van der Waals surface area contributed by atoms with Crippen molar-refractivity contribution in [2.24, 2.45) is 0 Å². The molecule has 0 spiro atoms. The zero-order valence-electron chi connectivity index (χ0n) is 10.7. The maximum Gasteiger partial charge on any atom is 0.320 e. The fraction of sp³-hybridized carbons (Fsp3) is 0.462. The molecule has 0 saturated carbocycles. The van der Waals surface area contributed by atoms with Crippen LogP contribution in [0, 0.1) is 5.82 Å². The van der Waals surface area contributed by atoms with Crippen LogP contribution in [0.15, 0.2) is 18.2 Å². The number of hydrogen-bond acceptors (Lipinski definition) is 3. The lowest BCUT2D eigenvalue weighted by atomic mass is 10.0. The highest BCUT2D eigenvalue weighted by atomic mass is 19.1. The molecule has 2 N–H and O–H groups in total. The molecule has 0 amide bonds. The summed E-state index contributed by atoms with van der Waals surface area (Å²) >= 11 is 0. The zero-order valence-corrected chi connectivity index (χ0v) is 10.7. The van der Waals surface area contributed by atoms with Crippen LogP contribution in [0.25, 0.3) is 0 Å². The maximum absolute atomic E-state index is 13.2. The van der Waals surface area contributed by atoms with Gasteiger partial charge in [-0.1, -0.05) is 6.92 Å².